The highest BCUT2D eigenvalue weighted by Crippen LogP contribution is 2.29. The molecule has 1 N–H and O–H groups in total. The molecule has 0 saturated heterocycles. The Labute approximate surface area is 151 Å². The molecule has 2 rings (SSSR count). The number of aryl methyl sites for hydroxylation is 2. The van der Waals surface area contributed by atoms with Gasteiger partial charge < -0.3 is 10.1 Å². The fraction of sp³-hybridized carbons (Fsp3) is 0.316. The number of amides is 2. The molecule has 0 aliphatic carbocycles. The van der Waals surface area contributed by atoms with Crippen LogP contribution in [0, 0.1) is 6.92 Å². The molecular weight excluding hydrogens is 368 g/mol. The van der Waals surface area contributed by atoms with Crippen molar-refractivity contribution in [3.63, 3.8) is 0 Å². The first-order chi connectivity index (χ1) is 11.5. The van der Waals surface area contributed by atoms with Gasteiger partial charge in [-0.1, -0.05) is 41.1 Å². The van der Waals surface area contributed by atoms with Crippen molar-refractivity contribution < 1.29 is 9.53 Å². The summed E-state index contributed by atoms with van der Waals surface area (Å²) in [6.45, 7) is 4.56. The van der Waals surface area contributed by atoms with Gasteiger partial charge in [0.2, 0.25) is 0 Å². The van der Waals surface area contributed by atoms with Crippen LogP contribution in [0.2, 0.25) is 0 Å². The molecule has 2 aromatic carbocycles. The number of carbonyl (C=O) groups is 1. The zero-order valence-electron chi connectivity index (χ0n) is 14.5. The highest BCUT2D eigenvalue weighted by atomic mass is 79.9. The minimum absolute atomic E-state index is 0.169. The van der Waals surface area contributed by atoms with Gasteiger partial charge in [0, 0.05) is 24.1 Å². The van der Waals surface area contributed by atoms with E-state index < -0.39 is 0 Å². The number of carbonyl (C=O) groups excluding carboxylic acids is 1. The van der Waals surface area contributed by atoms with Crippen LogP contribution in [0.1, 0.15) is 23.6 Å². The number of hydrogen-bond acceptors (Lipinski definition) is 2. The molecule has 0 aliphatic heterocycles. The van der Waals surface area contributed by atoms with Crippen molar-refractivity contribution in [1.29, 1.82) is 0 Å². The van der Waals surface area contributed by atoms with Crippen LogP contribution in [-0.4, -0.2) is 20.1 Å². The minimum atomic E-state index is -0.169. The maximum Gasteiger partial charge on any atom is 0.321 e. The van der Waals surface area contributed by atoms with Crippen molar-refractivity contribution in [1.82, 2.24) is 5.32 Å². The standard InChI is InChI=1S/C19H23BrN2O2/c1-5-14-9-10-18(13(2)11-14)24-12-15-16(20)7-6-8-17(15)22(4)19(23)21-3/h6-11H,5,12H2,1-4H3,(H,21,23). The maximum atomic E-state index is 11.9. The van der Waals surface area contributed by atoms with Gasteiger partial charge in [-0.15, -0.1) is 0 Å². The third kappa shape index (κ3) is 4.09. The second-order valence-electron chi connectivity index (χ2n) is 5.59. The van der Waals surface area contributed by atoms with Gasteiger partial charge in [0.1, 0.15) is 12.4 Å². The first kappa shape index (κ1) is 18.3. The second-order valence-corrected chi connectivity index (χ2v) is 6.45. The molecular formula is C19H23BrN2O2. The third-order valence-electron chi connectivity index (χ3n) is 3.99. The number of benzene rings is 2. The predicted molar refractivity (Wildman–Crippen MR) is 102 cm³/mol. The van der Waals surface area contributed by atoms with E-state index in [9.17, 15) is 4.79 Å². The molecule has 0 aliphatic rings. The van der Waals surface area contributed by atoms with Gasteiger partial charge in [-0.25, -0.2) is 4.79 Å². The van der Waals surface area contributed by atoms with Gasteiger partial charge in [0.05, 0.1) is 5.69 Å². The van der Waals surface area contributed by atoms with Crippen LogP contribution < -0.4 is 15.0 Å². The zero-order valence-corrected chi connectivity index (χ0v) is 16.1. The summed E-state index contributed by atoms with van der Waals surface area (Å²) in [6.07, 6.45) is 1.01. The average molecular weight is 391 g/mol. The SMILES string of the molecule is CCc1ccc(OCc2c(Br)cccc2N(C)C(=O)NC)c(C)c1. The summed E-state index contributed by atoms with van der Waals surface area (Å²) in [5.41, 5.74) is 4.15. The van der Waals surface area contributed by atoms with E-state index in [1.807, 2.05) is 31.2 Å². The Kier molecular flexibility index (Phi) is 6.26. The molecule has 0 bridgehead atoms. The normalized spacial score (nSPS) is 10.4. The number of urea groups is 1. The lowest BCUT2D eigenvalue weighted by Crippen LogP contribution is -2.35. The van der Waals surface area contributed by atoms with E-state index >= 15 is 0 Å². The molecule has 24 heavy (non-hydrogen) atoms. The minimum Gasteiger partial charge on any atom is -0.489 e. The number of nitrogens with zero attached hydrogens (tertiary/aromatic N) is 1. The van der Waals surface area contributed by atoms with Crippen molar-refractivity contribution in [2.75, 3.05) is 19.0 Å². The second kappa shape index (κ2) is 8.20. The quantitative estimate of drug-likeness (QED) is 0.805. The largest absolute Gasteiger partial charge is 0.489 e. The van der Waals surface area contributed by atoms with Crippen LogP contribution in [0.25, 0.3) is 0 Å². The number of ether oxygens (including phenoxy) is 1. The van der Waals surface area contributed by atoms with Gasteiger partial charge in [-0.3, -0.25) is 4.90 Å². The first-order valence-electron chi connectivity index (χ1n) is 7.93. The predicted octanol–water partition coefficient (Wildman–Crippen LogP) is 4.67. The van der Waals surface area contributed by atoms with Gasteiger partial charge in [0.25, 0.3) is 0 Å². The first-order valence-corrected chi connectivity index (χ1v) is 8.72. The molecule has 0 radical (unpaired) electrons. The van der Waals surface area contributed by atoms with Crippen LogP contribution in [-0.2, 0) is 13.0 Å². The molecule has 2 aromatic rings. The van der Waals surface area contributed by atoms with Gasteiger partial charge >= 0.3 is 6.03 Å². The number of rotatable bonds is 5. The Balaban J connectivity index is 2.25. The van der Waals surface area contributed by atoms with E-state index in [0.717, 1.165) is 33.5 Å². The van der Waals surface area contributed by atoms with Crippen LogP contribution >= 0.6 is 15.9 Å². The molecule has 0 aromatic heterocycles. The van der Waals surface area contributed by atoms with E-state index in [2.05, 4.69) is 40.3 Å². The van der Waals surface area contributed by atoms with E-state index in [-0.39, 0.29) is 6.03 Å². The van der Waals surface area contributed by atoms with Crippen molar-refractivity contribution >= 4 is 27.6 Å². The van der Waals surface area contributed by atoms with Crippen LogP contribution in [0.3, 0.4) is 0 Å². The fourth-order valence-corrected chi connectivity index (χ4v) is 2.99. The Bertz CT molecular complexity index is 731. The highest BCUT2D eigenvalue weighted by Gasteiger charge is 2.16. The van der Waals surface area contributed by atoms with Crippen molar-refractivity contribution in [2.24, 2.45) is 0 Å². The highest BCUT2D eigenvalue weighted by molar-refractivity contribution is 9.10. The molecule has 128 valence electrons. The number of hydrogen-bond donors (Lipinski definition) is 1. The average Bonchev–Trinajstić information content (AvgIpc) is 2.59. The summed E-state index contributed by atoms with van der Waals surface area (Å²) in [4.78, 5) is 13.5. The van der Waals surface area contributed by atoms with Crippen molar-refractivity contribution in [2.45, 2.75) is 26.9 Å². The smallest absolute Gasteiger partial charge is 0.321 e. The number of halogens is 1. The summed E-state index contributed by atoms with van der Waals surface area (Å²) in [6, 6.07) is 11.8. The number of nitrogens with one attached hydrogen (secondary N) is 1. The van der Waals surface area contributed by atoms with E-state index in [1.165, 1.54) is 5.56 Å². The molecule has 2 amide bonds. The fourth-order valence-electron chi connectivity index (χ4n) is 2.52. The summed E-state index contributed by atoms with van der Waals surface area (Å²) in [5, 5.41) is 2.64. The third-order valence-corrected chi connectivity index (χ3v) is 4.74. The van der Waals surface area contributed by atoms with Gasteiger partial charge in [-0.2, -0.15) is 0 Å². The monoisotopic (exact) mass is 390 g/mol. The van der Waals surface area contributed by atoms with Crippen LogP contribution in [0.4, 0.5) is 10.5 Å². The molecule has 0 unspecified atom stereocenters. The lowest BCUT2D eigenvalue weighted by atomic mass is 10.1. The zero-order chi connectivity index (χ0) is 17.7. The molecule has 0 fully saturated rings. The van der Waals surface area contributed by atoms with E-state index in [4.69, 9.17) is 4.74 Å². The topological polar surface area (TPSA) is 41.6 Å². The van der Waals surface area contributed by atoms with Crippen molar-refractivity contribution in [3.05, 3.63) is 57.6 Å². The Morgan fingerprint density at radius 3 is 2.67 bits per heavy atom. The maximum absolute atomic E-state index is 11.9. The summed E-state index contributed by atoms with van der Waals surface area (Å²) >= 11 is 3.56. The Hall–Kier alpha value is -2.01. The van der Waals surface area contributed by atoms with Crippen LogP contribution in [0.15, 0.2) is 40.9 Å². The van der Waals surface area contributed by atoms with Crippen LogP contribution in [0.5, 0.6) is 5.75 Å². The Morgan fingerprint density at radius 1 is 1.29 bits per heavy atom. The van der Waals surface area contributed by atoms with Gasteiger partial charge in [-0.05, 0) is 42.7 Å². The summed E-state index contributed by atoms with van der Waals surface area (Å²) in [7, 11) is 3.36. The molecule has 4 nitrogen and oxygen atoms in total. The van der Waals surface area contributed by atoms with E-state index in [1.54, 1.807) is 19.0 Å². The summed E-state index contributed by atoms with van der Waals surface area (Å²) < 4.78 is 6.93. The molecule has 5 heteroatoms. The van der Waals surface area contributed by atoms with Crippen molar-refractivity contribution in [3.8, 4) is 5.75 Å². The van der Waals surface area contributed by atoms with Gasteiger partial charge in [0.15, 0.2) is 0 Å². The lowest BCUT2D eigenvalue weighted by Gasteiger charge is -2.21. The number of anilines is 1. The Morgan fingerprint density at radius 2 is 2.04 bits per heavy atom. The summed E-state index contributed by atoms with van der Waals surface area (Å²) in [5.74, 6) is 0.858. The molecule has 0 atom stereocenters. The van der Waals surface area contributed by atoms with E-state index in [0.29, 0.717) is 6.61 Å². The lowest BCUT2D eigenvalue weighted by molar-refractivity contribution is 0.249. The molecule has 0 spiro atoms. The molecule has 0 saturated carbocycles. The molecule has 0 heterocycles.